The highest BCUT2D eigenvalue weighted by molar-refractivity contribution is 8.00. The first kappa shape index (κ1) is 13.2. The molecule has 2 heterocycles. The van der Waals surface area contributed by atoms with Crippen LogP contribution in [0.3, 0.4) is 0 Å². The summed E-state index contributed by atoms with van der Waals surface area (Å²) in [5.74, 6) is 0.199. The molecule has 3 fully saturated rings. The summed E-state index contributed by atoms with van der Waals surface area (Å²) in [6, 6.07) is -0.803. The van der Waals surface area contributed by atoms with Gasteiger partial charge in [0.2, 0.25) is 5.91 Å². The van der Waals surface area contributed by atoms with Gasteiger partial charge in [0.15, 0.2) is 0 Å². The van der Waals surface area contributed by atoms with Gasteiger partial charge in [-0.1, -0.05) is 6.42 Å². The normalized spacial score (nSPS) is 35.4. The molecule has 0 radical (unpaired) electrons. The molecule has 0 aromatic carbocycles. The molecule has 0 aromatic heterocycles. The summed E-state index contributed by atoms with van der Waals surface area (Å²) in [7, 11) is 0. The number of amides is 1. The van der Waals surface area contributed by atoms with E-state index >= 15 is 0 Å². The maximum Gasteiger partial charge on any atom is 0.327 e. The monoisotopic (exact) mass is 284 g/mol. The van der Waals surface area contributed by atoms with Crippen LogP contribution in [0.4, 0.5) is 0 Å². The molecule has 106 valence electrons. The summed E-state index contributed by atoms with van der Waals surface area (Å²) in [5.41, 5.74) is 0. The van der Waals surface area contributed by atoms with Crippen molar-refractivity contribution in [3.63, 3.8) is 0 Å². The van der Waals surface area contributed by atoms with Crippen molar-refractivity contribution in [1.29, 1.82) is 0 Å². The van der Waals surface area contributed by atoms with E-state index in [1.54, 1.807) is 16.7 Å². The van der Waals surface area contributed by atoms with Crippen molar-refractivity contribution >= 4 is 23.6 Å². The molecule has 1 saturated carbocycles. The number of carboxylic acid groups (broad SMARTS) is 1. The van der Waals surface area contributed by atoms with Gasteiger partial charge in [-0.3, -0.25) is 4.79 Å². The quantitative estimate of drug-likeness (QED) is 0.805. The van der Waals surface area contributed by atoms with Gasteiger partial charge in [0.25, 0.3) is 0 Å². The maximum absolute atomic E-state index is 12.6. The second-order valence-electron chi connectivity index (χ2n) is 5.66. The van der Waals surface area contributed by atoms with Crippen LogP contribution in [0.1, 0.15) is 32.1 Å². The Hall–Kier alpha value is -0.750. The van der Waals surface area contributed by atoms with E-state index in [9.17, 15) is 14.7 Å². The molecule has 0 spiro atoms. The molecule has 3 unspecified atom stereocenters. The van der Waals surface area contributed by atoms with Gasteiger partial charge in [0.05, 0.1) is 11.4 Å². The van der Waals surface area contributed by atoms with Crippen molar-refractivity contribution in [1.82, 2.24) is 10.2 Å². The summed E-state index contributed by atoms with van der Waals surface area (Å²) in [5, 5.41) is 12.7. The van der Waals surface area contributed by atoms with Crippen LogP contribution in [0, 0.1) is 5.92 Å². The van der Waals surface area contributed by atoms with Gasteiger partial charge in [0.1, 0.15) is 6.04 Å². The molecule has 0 bridgehead atoms. The van der Waals surface area contributed by atoms with E-state index in [1.165, 1.54) is 0 Å². The van der Waals surface area contributed by atoms with Crippen LogP contribution >= 0.6 is 11.8 Å². The van der Waals surface area contributed by atoms with Crippen LogP contribution in [-0.4, -0.2) is 51.6 Å². The van der Waals surface area contributed by atoms with Crippen molar-refractivity contribution in [2.45, 2.75) is 49.6 Å². The number of aliphatic carboxylic acids is 1. The number of nitrogens with zero attached hydrogens (tertiary/aromatic N) is 1. The van der Waals surface area contributed by atoms with E-state index in [0.29, 0.717) is 11.7 Å². The molecule has 5 nitrogen and oxygen atoms in total. The van der Waals surface area contributed by atoms with E-state index < -0.39 is 12.0 Å². The third-order valence-corrected chi connectivity index (χ3v) is 5.67. The second kappa shape index (κ2) is 5.32. The van der Waals surface area contributed by atoms with Crippen LogP contribution < -0.4 is 5.32 Å². The number of hydrogen-bond donors (Lipinski definition) is 2. The number of carbonyl (C=O) groups excluding carboxylic acids is 1. The number of carbonyl (C=O) groups is 2. The number of hydrogen-bond acceptors (Lipinski definition) is 4. The molecule has 1 amide bonds. The number of carboxylic acids is 1. The van der Waals surface area contributed by atoms with Crippen LogP contribution in [0.2, 0.25) is 0 Å². The summed E-state index contributed by atoms with van der Waals surface area (Å²) in [4.78, 5) is 25.7. The second-order valence-corrected chi connectivity index (χ2v) is 6.81. The predicted molar refractivity (Wildman–Crippen MR) is 72.9 cm³/mol. The number of rotatable bonds is 3. The number of nitrogens with one attached hydrogen (secondary N) is 1. The molecule has 3 atom stereocenters. The Bertz CT molecular complexity index is 380. The van der Waals surface area contributed by atoms with Crippen molar-refractivity contribution in [3.8, 4) is 0 Å². The summed E-state index contributed by atoms with van der Waals surface area (Å²) < 4.78 is 0. The molecule has 3 aliphatic rings. The Morgan fingerprint density at radius 1 is 1.21 bits per heavy atom. The van der Waals surface area contributed by atoms with Gasteiger partial charge in [-0.15, -0.1) is 11.8 Å². The number of thioether (sulfide) groups is 1. The Labute approximate surface area is 117 Å². The lowest BCUT2D eigenvalue weighted by atomic mass is 10.0. The first-order valence-electron chi connectivity index (χ1n) is 7.08. The van der Waals surface area contributed by atoms with Gasteiger partial charge < -0.3 is 15.3 Å². The molecule has 1 aliphatic carbocycles. The fraction of sp³-hybridized carbons (Fsp3) is 0.846. The van der Waals surface area contributed by atoms with Crippen LogP contribution in [-0.2, 0) is 9.59 Å². The molecule has 2 N–H and O–H groups in total. The average molecular weight is 284 g/mol. The molecule has 19 heavy (non-hydrogen) atoms. The fourth-order valence-corrected chi connectivity index (χ4v) is 4.62. The number of piperidine rings is 1. The van der Waals surface area contributed by atoms with E-state index in [-0.39, 0.29) is 17.3 Å². The minimum Gasteiger partial charge on any atom is -0.480 e. The van der Waals surface area contributed by atoms with Gasteiger partial charge >= 0.3 is 5.97 Å². The molecular weight excluding hydrogens is 264 g/mol. The SMILES string of the molecule is O=C(O)C1CSC(C2CC2)N1C(=O)C1CCCCN1. The maximum atomic E-state index is 12.6. The van der Waals surface area contributed by atoms with Crippen LogP contribution in [0.15, 0.2) is 0 Å². The minimum absolute atomic E-state index is 0.00833. The topological polar surface area (TPSA) is 69.6 Å². The highest BCUT2D eigenvalue weighted by Crippen LogP contribution is 2.45. The van der Waals surface area contributed by atoms with Gasteiger partial charge in [-0.05, 0) is 38.1 Å². The zero-order chi connectivity index (χ0) is 13.4. The third kappa shape index (κ3) is 2.60. The highest BCUT2D eigenvalue weighted by Gasteiger charge is 2.49. The molecular formula is C13H20N2O3S. The lowest BCUT2D eigenvalue weighted by Crippen LogP contribution is -2.54. The Balaban J connectivity index is 1.76. The first-order valence-corrected chi connectivity index (χ1v) is 8.13. The lowest BCUT2D eigenvalue weighted by Gasteiger charge is -2.33. The summed E-state index contributed by atoms with van der Waals surface area (Å²) >= 11 is 1.65. The van der Waals surface area contributed by atoms with E-state index in [4.69, 9.17) is 0 Å². The van der Waals surface area contributed by atoms with E-state index in [0.717, 1.165) is 38.6 Å². The first-order chi connectivity index (χ1) is 9.18. The minimum atomic E-state index is -0.861. The molecule has 0 aromatic rings. The van der Waals surface area contributed by atoms with Gasteiger partial charge in [-0.25, -0.2) is 4.79 Å². The van der Waals surface area contributed by atoms with Crippen molar-refractivity contribution in [3.05, 3.63) is 0 Å². The van der Waals surface area contributed by atoms with Gasteiger partial charge in [-0.2, -0.15) is 0 Å². The highest BCUT2D eigenvalue weighted by atomic mass is 32.2. The van der Waals surface area contributed by atoms with Crippen LogP contribution in [0.5, 0.6) is 0 Å². The van der Waals surface area contributed by atoms with E-state index in [2.05, 4.69) is 5.32 Å². The predicted octanol–water partition coefficient (Wildman–Crippen LogP) is 0.893. The third-order valence-electron chi connectivity index (χ3n) is 4.21. The Kier molecular flexibility index (Phi) is 3.71. The largest absolute Gasteiger partial charge is 0.480 e. The molecule has 3 rings (SSSR count). The average Bonchev–Trinajstić information content (AvgIpc) is 3.17. The summed E-state index contributed by atoms with van der Waals surface area (Å²) in [6.45, 7) is 0.864. The molecule has 6 heteroatoms. The summed E-state index contributed by atoms with van der Waals surface area (Å²) in [6.07, 6.45) is 5.25. The van der Waals surface area contributed by atoms with Crippen molar-refractivity contribution in [2.24, 2.45) is 5.92 Å². The zero-order valence-corrected chi connectivity index (χ0v) is 11.7. The van der Waals surface area contributed by atoms with E-state index in [1.807, 2.05) is 0 Å². The Morgan fingerprint density at radius 2 is 2.00 bits per heavy atom. The molecule has 2 saturated heterocycles. The zero-order valence-electron chi connectivity index (χ0n) is 10.9. The van der Waals surface area contributed by atoms with Crippen molar-refractivity contribution in [2.75, 3.05) is 12.3 Å². The van der Waals surface area contributed by atoms with Gasteiger partial charge in [0, 0.05) is 5.75 Å². The van der Waals surface area contributed by atoms with Crippen molar-refractivity contribution < 1.29 is 14.7 Å². The molecule has 2 aliphatic heterocycles. The fourth-order valence-electron chi connectivity index (χ4n) is 2.98. The smallest absolute Gasteiger partial charge is 0.327 e. The standard InChI is InChI=1S/C13H20N2O3S/c16-11(9-3-1-2-6-14-9)15-10(13(17)18)7-19-12(15)8-4-5-8/h8-10,12,14H,1-7H2,(H,17,18). The Morgan fingerprint density at radius 3 is 2.58 bits per heavy atom. The lowest BCUT2D eigenvalue weighted by molar-refractivity contribution is -0.150. The van der Waals surface area contributed by atoms with Crippen LogP contribution in [0.25, 0.3) is 0 Å².